The lowest BCUT2D eigenvalue weighted by Crippen LogP contribution is -2.15. The largest absolute Gasteiger partial charge is 0.356 e. The van der Waals surface area contributed by atoms with Crippen molar-refractivity contribution in [1.29, 1.82) is 0 Å². The van der Waals surface area contributed by atoms with Crippen molar-refractivity contribution in [2.45, 2.75) is 6.42 Å². The van der Waals surface area contributed by atoms with Crippen LogP contribution in [0.15, 0.2) is 63.6 Å². The van der Waals surface area contributed by atoms with Gasteiger partial charge in [0.2, 0.25) is 5.91 Å². The fourth-order valence-corrected chi connectivity index (χ4v) is 2.42. The van der Waals surface area contributed by atoms with Crippen LogP contribution in [-0.2, 0) is 11.2 Å². The molecule has 0 fully saturated rings. The maximum Gasteiger partial charge on any atom is 0.230 e. The number of amides is 1. The summed E-state index contributed by atoms with van der Waals surface area (Å²) in [5.74, 6) is -0.278. The van der Waals surface area contributed by atoms with E-state index in [1.807, 2.05) is 30.3 Å². The molecule has 6 heteroatoms. The molecule has 23 heavy (non-hydrogen) atoms. The zero-order valence-corrected chi connectivity index (χ0v) is 13.5. The lowest BCUT2D eigenvalue weighted by atomic mass is 10.1. The van der Waals surface area contributed by atoms with Crippen LogP contribution in [0.1, 0.15) is 5.69 Å². The zero-order chi connectivity index (χ0) is 16.2. The third-order valence-corrected chi connectivity index (χ3v) is 3.66. The van der Waals surface area contributed by atoms with Crippen LogP contribution < -0.4 is 5.32 Å². The fraction of sp³-hybridized carbons (Fsp3) is 0.0588. The summed E-state index contributed by atoms with van der Waals surface area (Å²) in [4.78, 5) is 12.0. The van der Waals surface area contributed by atoms with E-state index >= 15 is 0 Å². The van der Waals surface area contributed by atoms with E-state index in [2.05, 4.69) is 26.4 Å². The number of halogens is 2. The molecule has 3 aromatic rings. The minimum absolute atomic E-state index is 0.00579. The van der Waals surface area contributed by atoms with Gasteiger partial charge in [-0.25, -0.2) is 4.39 Å². The second kappa shape index (κ2) is 6.75. The Morgan fingerprint density at radius 2 is 1.96 bits per heavy atom. The standard InChI is InChI=1S/C17H12BrFN2O2/c18-12-6-7-15(14(19)8-12)20-17(22)10-13-9-16(23-21-13)11-4-2-1-3-5-11/h1-9H,10H2,(H,20,22). The summed E-state index contributed by atoms with van der Waals surface area (Å²) in [6.45, 7) is 0. The van der Waals surface area contributed by atoms with Crippen LogP contribution in [0.5, 0.6) is 0 Å². The molecule has 1 heterocycles. The molecule has 0 radical (unpaired) electrons. The van der Waals surface area contributed by atoms with Gasteiger partial charge in [0, 0.05) is 16.1 Å². The van der Waals surface area contributed by atoms with Gasteiger partial charge >= 0.3 is 0 Å². The predicted octanol–water partition coefficient (Wildman–Crippen LogP) is 4.42. The molecule has 0 aliphatic carbocycles. The van der Waals surface area contributed by atoms with Crippen LogP contribution in [0.2, 0.25) is 0 Å². The number of carbonyl (C=O) groups is 1. The highest BCUT2D eigenvalue weighted by Gasteiger charge is 2.12. The average Bonchev–Trinajstić information content (AvgIpc) is 2.99. The molecular formula is C17H12BrFN2O2. The van der Waals surface area contributed by atoms with E-state index in [0.29, 0.717) is 15.9 Å². The van der Waals surface area contributed by atoms with Crippen LogP contribution in [-0.4, -0.2) is 11.1 Å². The van der Waals surface area contributed by atoms with Crippen molar-refractivity contribution in [3.05, 3.63) is 70.6 Å². The van der Waals surface area contributed by atoms with Gasteiger partial charge in [-0.1, -0.05) is 51.4 Å². The van der Waals surface area contributed by atoms with E-state index < -0.39 is 5.82 Å². The SMILES string of the molecule is O=C(Cc1cc(-c2ccccc2)on1)Nc1ccc(Br)cc1F. The van der Waals surface area contributed by atoms with E-state index in [1.54, 1.807) is 12.1 Å². The summed E-state index contributed by atoms with van der Waals surface area (Å²) in [6.07, 6.45) is 0.00579. The van der Waals surface area contributed by atoms with Crippen LogP contribution in [0.3, 0.4) is 0 Å². The summed E-state index contributed by atoms with van der Waals surface area (Å²) in [6, 6.07) is 15.6. The number of aromatic nitrogens is 1. The van der Waals surface area contributed by atoms with Gasteiger partial charge in [-0.15, -0.1) is 0 Å². The number of hydrogen-bond acceptors (Lipinski definition) is 3. The Labute approximate surface area is 140 Å². The second-order valence-corrected chi connectivity index (χ2v) is 5.81. The number of hydrogen-bond donors (Lipinski definition) is 1. The van der Waals surface area contributed by atoms with Crippen molar-refractivity contribution in [3.8, 4) is 11.3 Å². The third kappa shape index (κ3) is 3.84. The molecule has 1 amide bonds. The number of nitrogens with one attached hydrogen (secondary N) is 1. The summed E-state index contributed by atoms with van der Waals surface area (Å²) >= 11 is 3.17. The van der Waals surface area contributed by atoms with Crippen molar-refractivity contribution in [3.63, 3.8) is 0 Å². The van der Waals surface area contributed by atoms with Crippen molar-refractivity contribution in [1.82, 2.24) is 5.16 Å². The normalized spacial score (nSPS) is 10.5. The van der Waals surface area contributed by atoms with E-state index in [4.69, 9.17) is 4.52 Å². The van der Waals surface area contributed by atoms with E-state index in [1.165, 1.54) is 12.1 Å². The van der Waals surface area contributed by atoms with E-state index in [9.17, 15) is 9.18 Å². The van der Waals surface area contributed by atoms with Crippen molar-refractivity contribution < 1.29 is 13.7 Å². The first-order valence-electron chi connectivity index (χ1n) is 6.88. The maximum atomic E-state index is 13.7. The molecule has 4 nitrogen and oxygen atoms in total. The number of anilines is 1. The zero-order valence-electron chi connectivity index (χ0n) is 11.9. The van der Waals surface area contributed by atoms with Crippen molar-refractivity contribution >= 4 is 27.5 Å². The molecule has 116 valence electrons. The number of benzene rings is 2. The van der Waals surface area contributed by atoms with Gasteiger partial charge in [-0.2, -0.15) is 0 Å². The smallest absolute Gasteiger partial charge is 0.230 e. The lowest BCUT2D eigenvalue weighted by Gasteiger charge is -2.05. The second-order valence-electron chi connectivity index (χ2n) is 4.90. The van der Waals surface area contributed by atoms with E-state index in [-0.39, 0.29) is 18.0 Å². The summed E-state index contributed by atoms with van der Waals surface area (Å²) < 4.78 is 19.5. The molecule has 0 bridgehead atoms. The Morgan fingerprint density at radius 1 is 1.17 bits per heavy atom. The number of nitrogens with zero attached hydrogens (tertiary/aromatic N) is 1. The molecule has 0 aliphatic heterocycles. The van der Waals surface area contributed by atoms with Crippen molar-refractivity contribution in [2.75, 3.05) is 5.32 Å². The van der Waals surface area contributed by atoms with Gasteiger partial charge in [0.15, 0.2) is 5.76 Å². The van der Waals surface area contributed by atoms with Crippen LogP contribution >= 0.6 is 15.9 Å². The fourth-order valence-electron chi connectivity index (χ4n) is 2.08. The summed E-state index contributed by atoms with van der Waals surface area (Å²) in [5.41, 5.74) is 1.49. The first-order valence-corrected chi connectivity index (χ1v) is 7.67. The molecule has 0 saturated heterocycles. The Morgan fingerprint density at radius 3 is 2.70 bits per heavy atom. The third-order valence-electron chi connectivity index (χ3n) is 3.16. The van der Waals surface area contributed by atoms with Gasteiger partial charge < -0.3 is 9.84 Å². The molecule has 0 atom stereocenters. The first-order chi connectivity index (χ1) is 11.1. The summed E-state index contributed by atoms with van der Waals surface area (Å²) in [7, 11) is 0. The lowest BCUT2D eigenvalue weighted by molar-refractivity contribution is -0.115. The quantitative estimate of drug-likeness (QED) is 0.734. The molecule has 3 rings (SSSR count). The van der Waals surface area contributed by atoms with Gasteiger partial charge in [0.25, 0.3) is 0 Å². The van der Waals surface area contributed by atoms with Crippen molar-refractivity contribution in [2.24, 2.45) is 0 Å². The van der Waals surface area contributed by atoms with Crippen LogP contribution in [0.4, 0.5) is 10.1 Å². The Balaban J connectivity index is 1.68. The molecule has 1 N–H and O–H groups in total. The van der Waals surface area contributed by atoms with Gasteiger partial charge in [-0.3, -0.25) is 4.79 Å². The minimum atomic E-state index is -0.502. The van der Waals surface area contributed by atoms with E-state index in [0.717, 1.165) is 5.56 Å². The average molecular weight is 375 g/mol. The topological polar surface area (TPSA) is 55.1 Å². The number of carbonyl (C=O) groups excluding carboxylic acids is 1. The highest BCUT2D eigenvalue weighted by atomic mass is 79.9. The highest BCUT2D eigenvalue weighted by molar-refractivity contribution is 9.10. The number of rotatable bonds is 4. The monoisotopic (exact) mass is 374 g/mol. The summed E-state index contributed by atoms with van der Waals surface area (Å²) in [5, 5.41) is 6.39. The van der Waals surface area contributed by atoms with Gasteiger partial charge in [0.05, 0.1) is 17.8 Å². The Hall–Kier alpha value is -2.47. The van der Waals surface area contributed by atoms with Gasteiger partial charge in [-0.05, 0) is 18.2 Å². The molecule has 0 spiro atoms. The van der Waals surface area contributed by atoms with Gasteiger partial charge in [0.1, 0.15) is 5.82 Å². The molecule has 1 aromatic heterocycles. The molecule has 0 saturated carbocycles. The Kier molecular flexibility index (Phi) is 4.52. The predicted molar refractivity (Wildman–Crippen MR) is 88.4 cm³/mol. The molecule has 0 unspecified atom stereocenters. The van der Waals surface area contributed by atoms with Crippen LogP contribution in [0.25, 0.3) is 11.3 Å². The molecule has 2 aromatic carbocycles. The van der Waals surface area contributed by atoms with Crippen LogP contribution in [0, 0.1) is 5.82 Å². The Bertz CT molecular complexity index is 834. The minimum Gasteiger partial charge on any atom is -0.356 e. The maximum absolute atomic E-state index is 13.7. The first kappa shape index (κ1) is 15.4. The highest BCUT2D eigenvalue weighted by Crippen LogP contribution is 2.21. The molecule has 0 aliphatic rings. The molecular weight excluding hydrogens is 363 g/mol.